The van der Waals surface area contributed by atoms with Gasteiger partial charge in [0.2, 0.25) is 5.91 Å². The second-order valence-electron chi connectivity index (χ2n) is 7.80. The predicted molar refractivity (Wildman–Crippen MR) is 113 cm³/mol. The monoisotopic (exact) mass is 439 g/mol. The predicted octanol–water partition coefficient (Wildman–Crippen LogP) is 1.58. The van der Waals surface area contributed by atoms with E-state index in [2.05, 4.69) is 5.32 Å². The second-order valence-corrected chi connectivity index (χ2v) is 9.73. The molecule has 0 unspecified atom stereocenters. The van der Waals surface area contributed by atoms with Crippen molar-refractivity contribution < 1.29 is 18.1 Å². The van der Waals surface area contributed by atoms with Crippen LogP contribution in [0.1, 0.15) is 31.2 Å². The van der Waals surface area contributed by atoms with E-state index in [-0.39, 0.29) is 18.1 Å². The van der Waals surface area contributed by atoms with Gasteiger partial charge in [-0.25, -0.2) is 0 Å². The van der Waals surface area contributed by atoms with Crippen LogP contribution in [0.5, 0.6) is 0 Å². The van der Waals surface area contributed by atoms with Crippen molar-refractivity contribution in [3.8, 4) is 0 Å². The first-order chi connectivity index (χ1) is 14.3. The van der Waals surface area contributed by atoms with Crippen molar-refractivity contribution in [2.24, 2.45) is 0 Å². The number of hydrogen-bond donors (Lipinski definition) is 1. The molecular formula is C19H29N5O5S. The highest BCUT2D eigenvalue weighted by Gasteiger charge is 2.32. The molecule has 0 saturated carbocycles. The van der Waals surface area contributed by atoms with Gasteiger partial charge >= 0.3 is 0 Å². The van der Waals surface area contributed by atoms with Crippen LogP contribution in [0, 0.1) is 17.0 Å². The molecule has 2 heterocycles. The number of non-ortho nitro benzene ring substituents is 1. The van der Waals surface area contributed by atoms with E-state index < -0.39 is 15.1 Å². The summed E-state index contributed by atoms with van der Waals surface area (Å²) < 4.78 is 28.9. The zero-order valence-corrected chi connectivity index (χ0v) is 18.1. The fourth-order valence-electron chi connectivity index (χ4n) is 3.81. The van der Waals surface area contributed by atoms with Gasteiger partial charge < -0.3 is 5.32 Å². The molecular weight excluding hydrogens is 410 g/mol. The van der Waals surface area contributed by atoms with Crippen LogP contribution in [-0.4, -0.2) is 78.6 Å². The van der Waals surface area contributed by atoms with Crippen molar-refractivity contribution in [1.29, 1.82) is 0 Å². The van der Waals surface area contributed by atoms with Crippen LogP contribution < -0.4 is 5.32 Å². The average Bonchev–Trinajstić information content (AvgIpc) is 3.00. The number of nitro groups is 1. The summed E-state index contributed by atoms with van der Waals surface area (Å²) >= 11 is 0. The van der Waals surface area contributed by atoms with E-state index in [0.717, 1.165) is 31.2 Å². The van der Waals surface area contributed by atoms with Gasteiger partial charge in [-0.05, 0) is 25.3 Å². The Kier molecular flexibility index (Phi) is 7.40. The zero-order valence-electron chi connectivity index (χ0n) is 17.2. The van der Waals surface area contributed by atoms with Crippen LogP contribution in [0.15, 0.2) is 18.2 Å². The number of rotatable bonds is 6. The van der Waals surface area contributed by atoms with Gasteiger partial charge in [0.25, 0.3) is 15.9 Å². The number of anilines is 1. The highest BCUT2D eigenvalue weighted by molar-refractivity contribution is 7.86. The van der Waals surface area contributed by atoms with E-state index in [4.69, 9.17) is 0 Å². The maximum Gasteiger partial charge on any atom is 0.282 e. The number of nitrogens with one attached hydrogen (secondary N) is 1. The van der Waals surface area contributed by atoms with Gasteiger partial charge in [0.05, 0.1) is 17.2 Å². The molecule has 3 rings (SSSR count). The largest absolute Gasteiger partial charge is 0.324 e. The highest BCUT2D eigenvalue weighted by Crippen LogP contribution is 2.22. The second kappa shape index (κ2) is 9.82. The number of amides is 1. The topological polar surface area (TPSA) is 116 Å². The van der Waals surface area contributed by atoms with Crippen LogP contribution in [0.2, 0.25) is 0 Å². The molecule has 1 aromatic carbocycles. The maximum absolute atomic E-state index is 12.9. The average molecular weight is 440 g/mol. The van der Waals surface area contributed by atoms with E-state index in [0.29, 0.717) is 45.0 Å². The molecule has 2 saturated heterocycles. The molecule has 1 aromatic rings. The molecule has 1 amide bonds. The van der Waals surface area contributed by atoms with Gasteiger partial charge in [0, 0.05) is 51.4 Å². The summed E-state index contributed by atoms with van der Waals surface area (Å²) in [6.45, 7) is 4.67. The smallest absolute Gasteiger partial charge is 0.282 e. The minimum absolute atomic E-state index is 0.0803. The number of aryl methyl sites for hydroxylation is 1. The normalized spacial score (nSPS) is 19.9. The molecule has 0 spiro atoms. The number of benzene rings is 1. The van der Waals surface area contributed by atoms with Gasteiger partial charge in [-0.15, -0.1) is 0 Å². The molecule has 0 bridgehead atoms. The number of hydrogen-bond acceptors (Lipinski definition) is 6. The number of piperazine rings is 1. The van der Waals surface area contributed by atoms with Crippen LogP contribution in [0.25, 0.3) is 0 Å². The summed E-state index contributed by atoms with van der Waals surface area (Å²) in [5, 5.41) is 13.7. The minimum Gasteiger partial charge on any atom is -0.324 e. The van der Waals surface area contributed by atoms with Gasteiger partial charge in [-0.3, -0.25) is 19.8 Å². The van der Waals surface area contributed by atoms with Gasteiger partial charge in [0.1, 0.15) is 0 Å². The highest BCUT2D eigenvalue weighted by atomic mass is 32.2. The molecule has 166 valence electrons. The SMILES string of the molecule is Cc1ccc([N+](=O)[O-])cc1NC(=O)CN1CCN(S(=O)(=O)N2CCCCCC2)CC1. The Bertz CT molecular complexity index is 875. The lowest BCUT2D eigenvalue weighted by Gasteiger charge is -2.36. The van der Waals surface area contributed by atoms with Crippen LogP contribution in [-0.2, 0) is 15.0 Å². The summed E-state index contributed by atoms with van der Waals surface area (Å²) in [6.07, 6.45) is 3.94. The van der Waals surface area contributed by atoms with Crippen LogP contribution in [0.4, 0.5) is 11.4 Å². The van der Waals surface area contributed by atoms with Crippen molar-refractivity contribution in [1.82, 2.24) is 13.5 Å². The van der Waals surface area contributed by atoms with E-state index in [1.54, 1.807) is 17.3 Å². The summed E-state index contributed by atoms with van der Waals surface area (Å²) in [5.74, 6) is -0.276. The summed E-state index contributed by atoms with van der Waals surface area (Å²) in [4.78, 5) is 24.8. The third-order valence-corrected chi connectivity index (χ3v) is 7.66. The molecule has 2 fully saturated rings. The van der Waals surface area contributed by atoms with E-state index >= 15 is 0 Å². The van der Waals surface area contributed by atoms with Crippen molar-refractivity contribution in [3.05, 3.63) is 33.9 Å². The Morgan fingerprint density at radius 1 is 1.03 bits per heavy atom. The quantitative estimate of drug-likeness (QED) is 0.531. The first kappa shape index (κ1) is 22.6. The lowest BCUT2D eigenvalue weighted by atomic mass is 10.2. The summed E-state index contributed by atoms with van der Waals surface area (Å²) in [7, 11) is -3.45. The first-order valence-electron chi connectivity index (χ1n) is 10.3. The summed E-state index contributed by atoms with van der Waals surface area (Å²) in [6, 6.07) is 4.34. The number of nitro benzene ring substituents is 1. The van der Waals surface area contributed by atoms with Crippen molar-refractivity contribution in [2.75, 3.05) is 51.1 Å². The third-order valence-electron chi connectivity index (χ3n) is 5.62. The Morgan fingerprint density at radius 3 is 2.23 bits per heavy atom. The standard InChI is InChI=1S/C19H29N5O5S/c1-16-6-7-17(24(26)27)14-18(16)20-19(25)15-21-10-12-23(13-11-21)30(28,29)22-8-4-2-3-5-9-22/h6-7,14H,2-5,8-13,15H2,1H3,(H,20,25). The first-order valence-corrected chi connectivity index (χ1v) is 11.7. The fraction of sp³-hybridized carbons (Fsp3) is 0.632. The molecule has 2 aliphatic rings. The summed E-state index contributed by atoms with van der Waals surface area (Å²) in [5.41, 5.74) is 1.07. The molecule has 10 nitrogen and oxygen atoms in total. The number of carbonyl (C=O) groups is 1. The molecule has 0 aromatic heterocycles. The van der Waals surface area contributed by atoms with Gasteiger partial charge in [-0.2, -0.15) is 17.0 Å². The van der Waals surface area contributed by atoms with E-state index in [1.165, 1.54) is 16.4 Å². The fourth-order valence-corrected chi connectivity index (χ4v) is 5.48. The third kappa shape index (κ3) is 5.54. The molecule has 2 aliphatic heterocycles. The van der Waals surface area contributed by atoms with Crippen molar-refractivity contribution in [2.45, 2.75) is 32.6 Å². The number of nitrogens with zero attached hydrogens (tertiary/aromatic N) is 4. The maximum atomic E-state index is 12.9. The molecule has 11 heteroatoms. The van der Waals surface area contributed by atoms with E-state index in [1.807, 2.05) is 4.90 Å². The Labute approximate surface area is 177 Å². The number of carbonyl (C=O) groups excluding carboxylic acids is 1. The van der Waals surface area contributed by atoms with Crippen LogP contribution in [0.3, 0.4) is 0 Å². The molecule has 0 radical (unpaired) electrons. The van der Waals surface area contributed by atoms with Gasteiger partial charge in [0.15, 0.2) is 0 Å². The minimum atomic E-state index is -3.45. The lowest BCUT2D eigenvalue weighted by Crippen LogP contribution is -2.54. The zero-order chi connectivity index (χ0) is 21.7. The van der Waals surface area contributed by atoms with Crippen molar-refractivity contribution >= 4 is 27.5 Å². The van der Waals surface area contributed by atoms with Crippen LogP contribution >= 0.6 is 0 Å². The Hall–Kier alpha value is -2.08. The molecule has 1 N–H and O–H groups in total. The lowest BCUT2D eigenvalue weighted by molar-refractivity contribution is -0.384. The molecule has 0 atom stereocenters. The van der Waals surface area contributed by atoms with E-state index in [9.17, 15) is 23.3 Å². The molecule has 30 heavy (non-hydrogen) atoms. The van der Waals surface area contributed by atoms with Crippen molar-refractivity contribution in [3.63, 3.8) is 0 Å². The van der Waals surface area contributed by atoms with Gasteiger partial charge in [-0.1, -0.05) is 18.9 Å². The molecule has 0 aliphatic carbocycles. The Balaban J connectivity index is 1.52. The Morgan fingerprint density at radius 2 is 1.63 bits per heavy atom.